The van der Waals surface area contributed by atoms with E-state index in [0.717, 1.165) is 5.39 Å². The maximum atomic E-state index is 11.9. The number of aromatic nitrogens is 1. The molecule has 0 saturated heterocycles. The summed E-state index contributed by atoms with van der Waals surface area (Å²) in [6.07, 6.45) is 1.66. The quantitative estimate of drug-likeness (QED) is 0.829. The van der Waals surface area contributed by atoms with Crippen LogP contribution in [-0.4, -0.2) is 24.4 Å². The van der Waals surface area contributed by atoms with Gasteiger partial charge in [0, 0.05) is 11.6 Å². The fraction of sp³-hybridized carbons (Fsp3) is 0.167. The number of ketones is 1. The molecule has 0 fully saturated rings. The van der Waals surface area contributed by atoms with E-state index in [-0.39, 0.29) is 12.3 Å². The van der Waals surface area contributed by atoms with Gasteiger partial charge in [-0.25, -0.2) is 0 Å². The van der Waals surface area contributed by atoms with Crippen LogP contribution < -0.4 is 5.32 Å². The van der Waals surface area contributed by atoms with Gasteiger partial charge in [-0.3, -0.25) is 9.78 Å². The highest BCUT2D eigenvalue weighted by Gasteiger charge is 2.14. The standard InChI is InChI=1S/C12H11ClN2O/c1-14-7-10(16)11-9(13)5-4-8-3-2-6-15-12(8)11/h2-6,14H,7H2,1H3. The van der Waals surface area contributed by atoms with Gasteiger partial charge in [0.15, 0.2) is 5.78 Å². The summed E-state index contributed by atoms with van der Waals surface area (Å²) < 4.78 is 0. The van der Waals surface area contributed by atoms with E-state index in [9.17, 15) is 4.79 Å². The fourth-order valence-corrected chi connectivity index (χ4v) is 1.89. The number of likely N-dealkylation sites (N-methyl/N-ethyl adjacent to an activating group) is 1. The van der Waals surface area contributed by atoms with Crippen LogP contribution in [-0.2, 0) is 0 Å². The highest BCUT2D eigenvalue weighted by atomic mass is 35.5. The molecule has 1 heterocycles. The Bertz CT molecular complexity index is 540. The summed E-state index contributed by atoms with van der Waals surface area (Å²) in [7, 11) is 1.73. The van der Waals surface area contributed by atoms with Crippen molar-refractivity contribution in [2.24, 2.45) is 0 Å². The predicted molar refractivity (Wildman–Crippen MR) is 65.0 cm³/mol. The molecule has 3 nitrogen and oxygen atoms in total. The highest BCUT2D eigenvalue weighted by molar-refractivity contribution is 6.35. The Hall–Kier alpha value is -1.45. The van der Waals surface area contributed by atoms with Crippen molar-refractivity contribution in [3.63, 3.8) is 0 Å². The second kappa shape index (κ2) is 4.60. The third-order valence-electron chi connectivity index (χ3n) is 2.34. The van der Waals surface area contributed by atoms with Gasteiger partial charge < -0.3 is 5.32 Å². The monoisotopic (exact) mass is 234 g/mol. The van der Waals surface area contributed by atoms with E-state index < -0.39 is 0 Å². The number of pyridine rings is 1. The molecule has 0 aliphatic rings. The molecule has 0 bridgehead atoms. The molecule has 1 N–H and O–H groups in total. The molecule has 0 aliphatic carbocycles. The zero-order valence-corrected chi connectivity index (χ0v) is 9.58. The molecule has 4 heteroatoms. The summed E-state index contributed by atoms with van der Waals surface area (Å²) in [5.41, 5.74) is 1.16. The first kappa shape index (κ1) is 11.0. The van der Waals surface area contributed by atoms with Crippen LogP contribution >= 0.6 is 11.6 Å². The van der Waals surface area contributed by atoms with E-state index in [0.29, 0.717) is 16.1 Å². The minimum absolute atomic E-state index is 0.0446. The van der Waals surface area contributed by atoms with E-state index in [1.54, 1.807) is 19.3 Å². The first-order chi connectivity index (χ1) is 7.74. The molecule has 82 valence electrons. The van der Waals surface area contributed by atoms with Crippen molar-refractivity contribution in [1.82, 2.24) is 10.3 Å². The molecule has 2 aromatic rings. The molecule has 2 rings (SSSR count). The van der Waals surface area contributed by atoms with Gasteiger partial charge in [0.1, 0.15) is 0 Å². The van der Waals surface area contributed by atoms with Crippen LogP contribution in [0.1, 0.15) is 10.4 Å². The summed E-state index contributed by atoms with van der Waals surface area (Å²) in [5.74, 6) is -0.0446. The summed E-state index contributed by atoms with van der Waals surface area (Å²) in [5, 5.41) is 4.19. The van der Waals surface area contributed by atoms with Crippen LogP contribution in [0.25, 0.3) is 10.9 Å². The number of nitrogens with one attached hydrogen (secondary N) is 1. The molecule has 0 aliphatic heterocycles. The molecule has 1 aromatic heterocycles. The number of Topliss-reactive ketones (excluding diaryl/α,β-unsaturated/α-hetero) is 1. The zero-order chi connectivity index (χ0) is 11.5. The Morgan fingerprint density at radius 2 is 2.25 bits per heavy atom. The first-order valence-corrected chi connectivity index (χ1v) is 5.33. The van der Waals surface area contributed by atoms with E-state index in [4.69, 9.17) is 11.6 Å². The number of rotatable bonds is 3. The molecule has 0 amide bonds. The van der Waals surface area contributed by atoms with Crippen LogP contribution in [0.3, 0.4) is 0 Å². The Labute approximate surface area is 98.4 Å². The number of carbonyl (C=O) groups excluding carboxylic acids is 1. The van der Waals surface area contributed by atoms with Gasteiger partial charge in [0.05, 0.1) is 22.6 Å². The van der Waals surface area contributed by atoms with Crippen molar-refractivity contribution in [2.45, 2.75) is 0 Å². The maximum Gasteiger partial charge on any atom is 0.180 e. The highest BCUT2D eigenvalue weighted by Crippen LogP contribution is 2.24. The molecule has 16 heavy (non-hydrogen) atoms. The number of fused-ring (bicyclic) bond motifs is 1. The lowest BCUT2D eigenvalue weighted by Gasteiger charge is -2.06. The van der Waals surface area contributed by atoms with E-state index in [1.807, 2.05) is 18.2 Å². The van der Waals surface area contributed by atoms with Crippen molar-refractivity contribution in [1.29, 1.82) is 0 Å². The molecule has 0 radical (unpaired) electrons. The Morgan fingerprint density at radius 1 is 1.44 bits per heavy atom. The van der Waals surface area contributed by atoms with Crippen LogP contribution in [0.2, 0.25) is 5.02 Å². The number of hydrogen-bond donors (Lipinski definition) is 1. The summed E-state index contributed by atoms with van der Waals surface area (Å²) >= 11 is 6.05. The van der Waals surface area contributed by atoms with Gasteiger partial charge in [-0.1, -0.05) is 23.7 Å². The fourth-order valence-electron chi connectivity index (χ4n) is 1.63. The second-order valence-corrected chi connectivity index (χ2v) is 3.86. The van der Waals surface area contributed by atoms with Gasteiger partial charge in [-0.2, -0.15) is 0 Å². The zero-order valence-electron chi connectivity index (χ0n) is 8.83. The Kier molecular flexibility index (Phi) is 3.17. The van der Waals surface area contributed by atoms with E-state index >= 15 is 0 Å². The number of halogens is 1. The molecular weight excluding hydrogens is 224 g/mol. The lowest BCUT2D eigenvalue weighted by molar-refractivity contribution is 0.0995. The van der Waals surface area contributed by atoms with Crippen molar-refractivity contribution < 1.29 is 4.79 Å². The third kappa shape index (κ3) is 1.92. The van der Waals surface area contributed by atoms with Crippen molar-refractivity contribution >= 4 is 28.3 Å². The minimum atomic E-state index is -0.0446. The summed E-state index contributed by atoms with van der Waals surface area (Å²) in [4.78, 5) is 16.1. The molecule has 0 spiro atoms. The molecule has 0 saturated carbocycles. The minimum Gasteiger partial charge on any atom is -0.313 e. The lowest BCUT2D eigenvalue weighted by Crippen LogP contribution is -2.19. The normalized spacial score (nSPS) is 10.6. The van der Waals surface area contributed by atoms with Gasteiger partial charge in [0.25, 0.3) is 0 Å². The van der Waals surface area contributed by atoms with Crippen molar-refractivity contribution in [2.75, 3.05) is 13.6 Å². The van der Waals surface area contributed by atoms with Crippen molar-refractivity contribution in [3.8, 4) is 0 Å². The topological polar surface area (TPSA) is 42.0 Å². The van der Waals surface area contributed by atoms with Gasteiger partial charge in [-0.05, 0) is 19.2 Å². The Balaban J connectivity index is 2.66. The lowest BCUT2D eigenvalue weighted by atomic mass is 10.1. The largest absolute Gasteiger partial charge is 0.313 e. The van der Waals surface area contributed by atoms with Crippen molar-refractivity contribution in [3.05, 3.63) is 41.0 Å². The van der Waals surface area contributed by atoms with Gasteiger partial charge >= 0.3 is 0 Å². The van der Waals surface area contributed by atoms with Crippen LogP contribution in [0.5, 0.6) is 0 Å². The number of benzene rings is 1. The number of carbonyl (C=O) groups is 1. The van der Waals surface area contributed by atoms with Crippen LogP contribution in [0.15, 0.2) is 30.5 Å². The molecule has 0 unspecified atom stereocenters. The van der Waals surface area contributed by atoms with Gasteiger partial charge in [-0.15, -0.1) is 0 Å². The smallest absolute Gasteiger partial charge is 0.180 e. The number of hydrogen-bond acceptors (Lipinski definition) is 3. The van der Waals surface area contributed by atoms with E-state index in [1.165, 1.54) is 0 Å². The SMILES string of the molecule is CNCC(=O)c1c(Cl)ccc2cccnc12. The maximum absolute atomic E-state index is 11.9. The second-order valence-electron chi connectivity index (χ2n) is 3.45. The van der Waals surface area contributed by atoms with Crippen LogP contribution in [0, 0.1) is 0 Å². The molecule has 1 aromatic carbocycles. The first-order valence-electron chi connectivity index (χ1n) is 4.95. The predicted octanol–water partition coefficient (Wildman–Crippen LogP) is 2.29. The Morgan fingerprint density at radius 3 is 3.00 bits per heavy atom. The average Bonchev–Trinajstić information content (AvgIpc) is 2.29. The van der Waals surface area contributed by atoms with E-state index in [2.05, 4.69) is 10.3 Å². The van der Waals surface area contributed by atoms with Gasteiger partial charge in [0.2, 0.25) is 0 Å². The summed E-state index contributed by atoms with van der Waals surface area (Å²) in [6, 6.07) is 7.34. The average molecular weight is 235 g/mol. The summed E-state index contributed by atoms with van der Waals surface area (Å²) in [6.45, 7) is 0.259. The molecule has 0 atom stereocenters. The number of nitrogens with zero attached hydrogens (tertiary/aromatic N) is 1. The van der Waals surface area contributed by atoms with Crippen LogP contribution in [0.4, 0.5) is 0 Å². The molecular formula is C12H11ClN2O. The third-order valence-corrected chi connectivity index (χ3v) is 2.65.